The van der Waals surface area contributed by atoms with Crippen LogP contribution in [0, 0.1) is 5.92 Å². The van der Waals surface area contributed by atoms with E-state index in [1.807, 2.05) is 31.2 Å². The van der Waals surface area contributed by atoms with Crippen LogP contribution in [0.3, 0.4) is 0 Å². The third-order valence-corrected chi connectivity index (χ3v) is 1.60. The quantitative estimate of drug-likeness (QED) is 0.646. The molecule has 2 nitrogen and oxygen atoms in total. The minimum absolute atomic E-state index is 0.0263. The predicted molar refractivity (Wildman–Crippen MR) is 45.1 cm³/mol. The predicted octanol–water partition coefficient (Wildman–Crippen LogP) is 1.25. The number of carbonyl (C=O) groups excluding carboxylic acids is 1. The maximum absolute atomic E-state index is 11.2. The van der Waals surface area contributed by atoms with E-state index in [0.717, 1.165) is 13.0 Å². The molecular formula is C9H13NO. The van der Waals surface area contributed by atoms with Crippen LogP contribution in [-0.2, 0) is 4.79 Å². The monoisotopic (exact) mass is 151 g/mol. The van der Waals surface area contributed by atoms with Crippen molar-refractivity contribution >= 4 is 5.91 Å². The number of rotatable bonds is 3. The van der Waals surface area contributed by atoms with Gasteiger partial charge in [0.1, 0.15) is 0 Å². The first-order valence-electron chi connectivity index (χ1n) is 3.97. The third kappa shape index (κ3) is 2.22. The van der Waals surface area contributed by atoms with Crippen molar-refractivity contribution in [3.05, 3.63) is 24.3 Å². The zero-order valence-corrected chi connectivity index (χ0v) is 6.71. The second-order valence-corrected chi connectivity index (χ2v) is 2.59. The van der Waals surface area contributed by atoms with E-state index >= 15 is 0 Å². The number of allylic oxidation sites excluding steroid dienone is 2. The van der Waals surface area contributed by atoms with Gasteiger partial charge in [-0.1, -0.05) is 31.2 Å². The molecule has 0 heterocycles. The Morgan fingerprint density at radius 3 is 2.64 bits per heavy atom. The summed E-state index contributed by atoms with van der Waals surface area (Å²) in [4.78, 5) is 11.2. The van der Waals surface area contributed by atoms with E-state index in [4.69, 9.17) is 0 Å². The number of carbonyl (C=O) groups is 1. The fourth-order valence-corrected chi connectivity index (χ4v) is 0.973. The minimum atomic E-state index is -0.0263. The van der Waals surface area contributed by atoms with Crippen LogP contribution < -0.4 is 5.32 Å². The Labute approximate surface area is 67.0 Å². The molecule has 0 radical (unpaired) electrons. The molecule has 0 saturated carbocycles. The van der Waals surface area contributed by atoms with Crippen LogP contribution in [-0.4, -0.2) is 12.5 Å². The topological polar surface area (TPSA) is 29.1 Å². The summed E-state index contributed by atoms with van der Waals surface area (Å²) in [6.45, 7) is 2.82. The van der Waals surface area contributed by atoms with Gasteiger partial charge in [-0.2, -0.15) is 0 Å². The highest BCUT2D eigenvalue weighted by atomic mass is 16.1. The molecule has 1 aliphatic rings. The summed E-state index contributed by atoms with van der Waals surface area (Å²) in [5.41, 5.74) is 0. The van der Waals surface area contributed by atoms with Crippen LogP contribution in [0.25, 0.3) is 0 Å². The van der Waals surface area contributed by atoms with E-state index in [1.165, 1.54) is 0 Å². The van der Waals surface area contributed by atoms with Gasteiger partial charge in [0.2, 0.25) is 5.91 Å². The highest BCUT2D eigenvalue weighted by molar-refractivity contribution is 5.82. The molecule has 1 amide bonds. The molecule has 0 bridgehead atoms. The number of nitrogens with one attached hydrogen (secondary N) is 1. The van der Waals surface area contributed by atoms with E-state index in [9.17, 15) is 4.79 Å². The van der Waals surface area contributed by atoms with Gasteiger partial charge in [0.05, 0.1) is 5.92 Å². The Hall–Kier alpha value is -1.05. The summed E-state index contributed by atoms with van der Waals surface area (Å²) < 4.78 is 0. The van der Waals surface area contributed by atoms with Gasteiger partial charge in [-0.15, -0.1) is 0 Å². The van der Waals surface area contributed by atoms with Crippen LogP contribution in [0.15, 0.2) is 24.3 Å². The van der Waals surface area contributed by atoms with Crippen molar-refractivity contribution in [1.29, 1.82) is 0 Å². The smallest absolute Gasteiger partial charge is 0.230 e. The molecule has 0 aliphatic heterocycles. The zero-order chi connectivity index (χ0) is 8.10. The van der Waals surface area contributed by atoms with Crippen LogP contribution in [0.5, 0.6) is 0 Å². The lowest BCUT2D eigenvalue weighted by Crippen LogP contribution is -2.28. The zero-order valence-electron chi connectivity index (χ0n) is 6.71. The molecule has 1 rings (SSSR count). The summed E-state index contributed by atoms with van der Waals surface area (Å²) in [6, 6.07) is 0. The minimum Gasteiger partial charge on any atom is -0.355 e. The second kappa shape index (κ2) is 3.96. The Balaban J connectivity index is 2.30. The SMILES string of the molecule is CCCNC(=O)C1C=CC=C1. The van der Waals surface area contributed by atoms with Crippen molar-refractivity contribution in [1.82, 2.24) is 5.32 Å². The van der Waals surface area contributed by atoms with E-state index < -0.39 is 0 Å². The molecular weight excluding hydrogens is 138 g/mol. The lowest BCUT2D eigenvalue weighted by Gasteiger charge is -2.05. The lowest BCUT2D eigenvalue weighted by atomic mass is 10.1. The molecule has 0 spiro atoms. The normalized spacial score (nSPS) is 15.7. The summed E-state index contributed by atoms with van der Waals surface area (Å²) in [7, 11) is 0. The first-order valence-corrected chi connectivity index (χ1v) is 3.97. The Bertz CT molecular complexity index is 182. The van der Waals surface area contributed by atoms with Crippen LogP contribution in [0.1, 0.15) is 13.3 Å². The lowest BCUT2D eigenvalue weighted by molar-refractivity contribution is -0.122. The van der Waals surface area contributed by atoms with Crippen LogP contribution in [0.2, 0.25) is 0 Å². The van der Waals surface area contributed by atoms with Crippen LogP contribution in [0.4, 0.5) is 0 Å². The van der Waals surface area contributed by atoms with Gasteiger partial charge < -0.3 is 5.32 Å². The second-order valence-electron chi connectivity index (χ2n) is 2.59. The van der Waals surface area contributed by atoms with Crippen molar-refractivity contribution < 1.29 is 4.79 Å². The van der Waals surface area contributed by atoms with E-state index in [-0.39, 0.29) is 11.8 Å². The van der Waals surface area contributed by atoms with E-state index in [1.54, 1.807) is 0 Å². The maximum atomic E-state index is 11.2. The van der Waals surface area contributed by atoms with Crippen molar-refractivity contribution in [2.75, 3.05) is 6.54 Å². The standard InChI is InChI=1S/C9H13NO/c1-2-7-10-9(11)8-5-3-4-6-8/h3-6,8H,2,7H2,1H3,(H,10,11). The largest absolute Gasteiger partial charge is 0.355 e. The number of amides is 1. The van der Waals surface area contributed by atoms with Gasteiger partial charge in [-0.25, -0.2) is 0 Å². The first kappa shape index (κ1) is 8.05. The van der Waals surface area contributed by atoms with Gasteiger partial charge in [-0.3, -0.25) is 4.79 Å². The van der Waals surface area contributed by atoms with E-state index in [2.05, 4.69) is 5.32 Å². The fraction of sp³-hybridized carbons (Fsp3) is 0.444. The van der Waals surface area contributed by atoms with Gasteiger partial charge in [0.15, 0.2) is 0 Å². The Morgan fingerprint density at radius 1 is 1.45 bits per heavy atom. The molecule has 0 aromatic rings. The van der Waals surface area contributed by atoms with Gasteiger partial charge in [0.25, 0.3) is 0 Å². The molecule has 1 aliphatic carbocycles. The van der Waals surface area contributed by atoms with Gasteiger partial charge in [-0.05, 0) is 6.42 Å². The molecule has 0 atom stereocenters. The molecule has 0 fully saturated rings. The van der Waals surface area contributed by atoms with Crippen LogP contribution >= 0.6 is 0 Å². The maximum Gasteiger partial charge on any atom is 0.230 e. The van der Waals surface area contributed by atoms with Crippen molar-refractivity contribution in [3.8, 4) is 0 Å². The average molecular weight is 151 g/mol. The Kier molecular flexibility index (Phi) is 2.90. The number of hydrogen-bond donors (Lipinski definition) is 1. The van der Waals surface area contributed by atoms with Gasteiger partial charge in [0, 0.05) is 6.54 Å². The van der Waals surface area contributed by atoms with Gasteiger partial charge >= 0.3 is 0 Å². The number of hydrogen-bond acceptors (Lipinski definition) is 1. The average Bonchev–Trinajstić information content (AvgIpc) is 2.52. The molecule has 0 unspecified atom stereocenters. The van der Waals surface area contributed by atoms with Crippen molar-refractivity contribution in [3.63, 3.8) is 0 Å². The molecule has 60 valence electrons. The molecule has 0 aromatic heterocycles. The highest BCUT2D eigenvalue weighted by Crippen LogP contribution is 2.07. The first-order chi connectivity index (χ1) is 5.34. The molecule has 2 heteroatoms. The van der Waals surface area contributed by atoms with E-state index in [0.29, 0.717) is 0 Å². The Morgan fingerprint density at radius 2 is 2.09 bits per heavy atom. The molecule has 0 saturated heterocycles. The third-order valence-electron chi connectivity index (χ3n) is 1.60. The van der Waals surface area contributed by atoms with Crippen molar-refractivity contribution in [2.45, 2.75) is 13.3 Å². The fourth-order valence-electron chi connectivity index (χ4n) is 0.973. The van der Waals surface area contributed by atoms with Crippen molar-refractivity contribution in [2.24, 2.45) is 5.92 Å². The molecule has 11 heavy (non-hydrogen) atoms. The molecule has 1 N–H and O–H groups in total. The molecule has 0 aromatic carbocycles. The summed E-state index contributed by atoms with van der Waals surface area (Å²) in [5, 5.41) is 2.83. The summed E-state index contributed by atoms with van der Waals surface area (Å²) in [6.07, 6.45) is 8.58. The summed E-state index contributed by atoms with van der Waals surface area (Å²) in [5.74, 6) is 0.0819. The highest BCUT2D eigenvalue weighted by Gasteiger charge is 2.12. The summed E-state index contributed by atoms with van der Waals surface area (Å²) >= 11 is 0.